The molecular weight excluding hydrogens is 272 g/mol. The fraction of sp³-hybridized carbons (Fsp3) is 0.500. The zero-order valence-electron chi connectivity index (χ0n) is 10.8. The van der Waals surface area contributed by atoms with Crippen molar-refractivity contribution in [3.63, 3.8) is 0 Å². The highest BCUT2D eigenvalue weighted by molar-refractivity contribution is 7.89. The molecular formula is C12H19ClN2O2S. The SMILES string of the molecule is CNCCNS(=O)(=O)c1cc(C(C)C)ccc1Cl. The van der Waals surface area contributed by atoms with Crippen LogP contribution in [-0.4, -0.2) is 28.6 Å². The summed E-state index contributed by atoms with van der Waals surface area (Å²) in [5.41, 5.74) is 0.952. The number of halogens is 1. The van der Waals surface area contributed by atoms with Gasteiger partial charge in [0.2, 0.25) is 10.0 Å². The van der Waals surface area contributed by atoms with Gasteiger partial charge in [-0.15, -0.1) is 0 Å². The van der Waals surface area contributed by atoms with E-state index < -0.39 is 10.0 Å². The number of hydrogen-bond acceptors (Lipinski definition) is 3. The van der Waals surface area contributed by atoms with Gasteiger partial charge in [-0.05, 0) is 30.7 Å². The second-order valence-electron chi connectivity index (χ2n) is 4.35. The van der Waals surface area contributed by atoms with Gasteiger partial charge in [0.25, 0.3) is 0 Å². The number of sulfonamides is 1. The molecule has 0 radical (unpaired) electrons. The molecule has 0 heterocycles. The largest absolute Gasteiger partial charge is 0.318 e. The molecule has 0 atom stereocenters. The minimum Gasteiger partial charge on any atom is -0.318 e. The van der Waals surface area contributed by atoms with Gasteiger partial charge in [0.05, 0.1) is 5.02 Å². The molecule has 0 aliphatic rings. The number of nitrogens with one attached hydrogen (secondary N) is 2. The predicted octanol–water partition coefficient (Wildman–Crippen LogP) is 1.96. The third kappa shape index (κ3) is 3.95. The fourth-order valence-corrected chi connectivity index (χ4v) is 3.04. The molecule has 18 heavy (non-hydrogen) atoms. The maximum atomic E-state index is 12.1. The first-order valence-corrected chi connectivity index (χ1v) is 7.68. The van der Waals surface area contributed by atoms with Crippen LogP contribution >= 0.6 is 11.6 Å². The smallest absolute Gasteiger partial charge is 0.242 e. The fourth-order valence-electron chi connectivity index (χ4n) is 1.47. The molecule has 1 rings (SSSR count). The van der Waals surface area contributed by atoms with Crippen LogP contribution in [0.5, 0.6) is 0 Å². The molecule has 6 heteroatoms. The van der Waals surface area contributed by atoms with Crippen molar-refractivity contribution in [3.8, 4) is 0 Å². The maximum Gasteiger partial charge on any atom is 0.242 e. The summed E-state index contributed by atoms with van der Waals surface area (Å²) >= 11 is 5.96. The summed E-state index contributed by atoms with van der Waals surface area (Å²) in [4.78, 5) is 0.145. The summed E-state index contributed by atoms with van der Waals surface area (Å²) in [6.45, 7) is 4.92. The molecule has 2 N–H and O–H groups in total. The lowest BCUT2D eigenvalue weighted by Gasteiger charge is -2.11. The van der Waals surface area contributed by atoms with E-state index in [1.165, 1.54) is 0 Å². The molecule has 4 nitrogen and oxygen atoms in total. The summed E-state index contributed by atoms with van der Waals surface area (Å²) in [5, 5.41) is 3.12. The maximum absolute atomic E-state index is 12.1. The van der Waals surface area contributed by atoms with Crippen molar-refractivity contribution in [2.24, 2.45) is 0 Å². The molecule has 0 fully saturated rings. The topological polar surface area (TPSA) is 58.2 Å². The Hall–Kier alpha value is -0.620. The average Bonchev–Trinajstić information content (AvgIpc) is 2.29. The van der Waals surface area contributed by atoms with Gasteiger partial charge in [-0.25, -0.2) is 13.1 Å². The summed E-state index contributed by atoms with van der Waals surface area (Å²) in [5.74, 6) is 0.258. The Morgan fingerprint density at radius 1 is 1.28 bits per heavy atom. The lowest BCUT2D eigenvalue weighted by molar-refractivity contribution is 0.579. The van der Waals surface area contributed by atoms with Crippen molar-refractivity contribution < 1.29 is 8.42 Å². The highest BCUT2D eigenvalue weighted by Gasteiger charge is 2.18. The van der Waals surface area contributed by atoms with Crippen LogP contribution in [-0.2, 0) is 10.0 Å². The van der Waals surface area contributed by atoms with Crippen molar-refractivity contribution in [1.29, 1.82) is 0 Å². The molecule has 0 aliphatic carbocycles. The van der Waals surface area contributed by atoms with E-state index in [9.17, 15) is 8.42 Å². The van der Waals surface area contributed by atoms with E-state index in [1.807, 2.05) is 19.9 Å². The third-order valence-corrected chi connectivity index (χ3v) is 4.52. The second kappa shape index (κ2) is 6.52. The first-order chi connectivity index (χ1) is 8.38. The van der Waals surface area contributed by atoms with E-state index in [2.05, 4.69) is 10.0 Å². The van der Waals surface area contributed by atoms with Gasteiger partial charge in [-0.3, -0.25) is 0 Å². The van der Waals surface area contributed by atoms with Gasteiger partial charge < -0.3 is 5.32 Å². The molecule has 1 aromatic carbocycles. The normalized spacial score (nSPS) is 12.1. The predicted molar refractivity (Wildman–Crippen MR) is 74.7 cm³/mol. The average molecular weight is 291 g/mol. The van der Waals surface area contributed by atoms with Crippen LogP contribution < -0.4 is 10.0 Å². The minimum absolute atomic E-state index is 0.145. The molecule has 0 aliphatic heterocycles. The van der Waals surface area contributed by atoms with Crippen molar-refractivity contribution in [1.82, 2.24) is 10.0 Å². The number of hydrogen-bond donors (Lipinski definition) is 2. The Balaban J connectivity index is 3.03. The summed E-state index contributed by atoms with van der Waals surface area (Å²) in [6, 6.07) is 5.11. The van der Waals surface area contributed by atoms with Crippen molar-refractivity contribution in [3.05, 3.63) is 28.8 Å². The van der Waals surface area contributed by atoms with E-state index in [-0.39, 0.29) is 15.8 Å². The van der Waals surface area contributed by atoms with E-state index in [4.69, 9.17) is 11.6 Å². The molecule has 0 saturated carbocycles. The lowest BCUT2D eigenvalue weighted by atomic mass is 10.0. The molecule has 102 valence electrons. The molecule has 0 bridgehead atoms. The quantitative estimate of drug-likeness (QED) is 0.788. The Morgan fingerprint density at radius 2 is 1.94 bits per heavy atom. The van der Waals surface area contributed by atoms with Crippen molar-refractivity contribution >= 4 is 21.6 Å². The summed E-state index contributed by atoms with van der Waals surface area (Å²) < 4.78 is 26.7. The van der Waals surface area contributed by atoms with Crippen LogP contribution in [0.3, 0.4) is 0 Å². The van der Waals surface area contributed by atoms with Gasteiger partial charge in [0, 0.05) is 13.1 Å². The standard InChI is InChI=1S/C12H19ClN2O2S/c1-9(2)10-4-5-11(13)12(8-10)18(16,17)15-7-6-14-3/h4-5,8-9,14-15H,6-7H2,1-3H3. The van der Waals surface area contributed by atoms with Gasteiger partial charge in [-0.2, -0.15) is 0 Å². The van der Waals surface area contributed by atoms with Gasteiger partial charge in [0.15, 0.2) is 0 Å². The first-order valence-electron chi connectivity index (χ1n) is 5.82. The zero-order valence-corrected chi connectivity index (χ0v) is 12.4. The van der Waals surface area contributed by atoms with E-state index in [0.29, 0.717) is 13.1 Å². The van der Waals surface area contributed by atoms with Crippen LogP contribution in [0.2, 0.25) is 5.02 Å². The van der Waals surface area contributed by atoms with E-state index in [1.54, 1.807) is 19.2 Å². The molecule has 0 spiro atoms. The Morgan fingerprint density at radius 3 is 2.50 bits per heavy atom. The molecule has 0 saturated heterocycles. The van der Waals surface area contributed by atoms with E-state index in [0.717, 1.165) is 5.56 Å². The summed E-state index contributed by atoms with van der Waals surface area (Å²) in [7, 11) is -1.78. The van der Waals surface area contributed by atoms with Crippen LogP contribution in [0.4, 0.5) is 0 Å². The van der Waals surface area contributed by atoms with E-state index >= 15 is 0 Å². The summed E-state index contributed by atoms with van der Waals surface area (Å²) in [6.07, 6.45) is 0. The van der Waals surface area contributed by atoms with Crippen LogP contribution in [0.15, 0.2) is 23.1 Å². The van der Waals surface area contributed by atoms with Crippen molar-refractivity contribution in [2.45, 2.75) is 24.7 Å². The minimum atomic E-state index is -3.54. The van der Waals surface area contributed by atoms with Gasteiger partial charge in [-0.1, -0.05) is 31.5 Å². The first kappa shape index (κ1) is 15.4. The van der Waals surface area contributed by atoms with Crippen LogP contribution in [0.25, 0.3) is 0 Å². The molecule has 0 aromatic heterocycles. The van der Waals surface area contributed by atoms with Gasteiger partial charge >= 0.3 is 0 Å². The molecule has 0 unspecified atom stereocenters. The number of rotatable bonds is 6. The van der Waals surface area contributed by atoms with Crippen LogP contribution in [0, 0.1) is 0 Å². The molecule has 0 amide bonds. The van der Waals surface area contributed by atoms with Crippen LogP contribution in [0.1, 0.15) is 25.3 Å². The number of likely N-dealkylation sites (N-methyl/N-ethyl adjacent to an activating group) is 1. The Bertz CT molecular complexity index is 501. The zero-order chi connectivity index (χ0) is 13.8. The second-order valence-corrected chi connectivity index (χ2v) is 6.49. The third-order valence-electron chi connectivity index (χ3n) is 2.58. The lowest BCUT2D eigenvalue weighted by Crippen LogP contribution is -2.30. The molecule has 1 aromatic rings. The Kier molecular flexibility index (Phi) is 5.59. The number of benzene rings is 1. The van der Waals surface area contributed by atoms with Crippen molar-refractivity contribution in [2.75, 3.05) is 20.1 Å². The van der Waals surface area contributed by atoms with Gasteiger partial charge in [0.1, 0.15) is 4.90 Å². The Labute approximate surface area is 114 Å². The highest BCUT2D eigenvalue weighted by Crippen LogP contribution is 2.25. The monoisotopic (exact) mass is 290 g/mol. The highest BCUT2D eigenvalue weighted by atomic mass is 35.5.